The zero-order chi connectivity index (χ0) is 29.2. The maximum Gasteiger partial charge on any atom is 0.305 e. The van der Waals surface area contributed by atoms with Crippen molar-refractivity contribution in [3.63, 3.8) is 0 Å². The first-order valence-corrected chi connectivity index (χ1v) is 14.1. The molecule has 4 aromatic rings. The van der Waals surface area contributed by atoms with Gasteiger partial charge in [0, 0.05) is 22.7 Å². The molecule has 0 aliphatic rings. The van der Waals surface area contributed by atoms with Crippen molar-refractivity contribution in [2.45, 2.75) is 44.6 Å². The van der Waals surface area contributed by atoms with Crippen molar-refractivity contribution in [2.24, 2.45) is 0 Å². The van der Waals surface area contributed by atoms with Crippen LogP contribution in [0.3, 0.4) is 0 Å². The van der Waals surface area contributed by atoms with Gasteiger partial charge in [0.15, 0.2) is 5.78 Å². The number of benzene rings is 2. The van der Waals surface area contributed by atoms with Crippen molar-refractivity contribution in [1.29, 1.82) is 0 Å². The van der Waals surface area contributed by atoms with Crippen LogP contribution >= 0.6 is 11.3 Å². The standard InChI is InChI=1S/C30H31N5O5S/c1-19(36)25(17-28(37)38)35-30(40)22(26-10-6-16-41-26)7-4-5-15-31-29(39)20-11-13-21(14-12-20)33-27-18-32-23-8-2-3-9-24(23)34-27/h2-3,6,8-14,16,18,22,25H,4-5,7,15,17H2,1H3,(H,31,39)(H,33,34)(H,35,40)(H,37,38). The van der Waals surface area contributed by atoms with Crippen LogP contribution in [0.1, 0.15) is 53.8 Å². The SMILES string of the molecule is CC(=O)C(CC(=O)O)NC(=O)C(CCCCNC(=O)c1ccc(Nc2cnc3ccccc3n2)cc1)c1cccs1. The van der Waals surface area contributed by atoms with Gasteiger partial charge in [0.1, 0.15) is 5.82 Å². The van der Waals surface area contributed by atoms with Crippen molar-refractivity contribution in [1.82, 2.24) is 20.6 Å². The van der Waals surface area contributed by atoms with Gasteiger partial charge in [0.2, 0.25) is 5.91 Å². The number of carbonyl (C=O) groups is 4. The number of rotatable bonds is 14. The average Bonchev–Trinajstić information content (AvgIpc) is 3.49. The number of anilines is 2. The number of thiophene rings is 1. The van der Waals surface area contributed by atoms with Gasteiger partial charge < -0.3 is 21.1 Å². The molecule has 11 heteroatoms. The molecule has 0 bridgehead atoms. The second-order valence-electron chi connectivity index (χ2n) is 9.54. The number of para-hydroxylation sites is 2. The number of amides is 2. The normalized spacial score (nSPS) is 12.3. The van der Waals surface area contributed by atoms with Crippen LogP contribution < -0.4 is 16.0 Å². The van der Waals surface area contributed by atoms with E-state index in [4.69, 9.17) is 5.11 Å². The largest absolute Gasteiger partial charge is 0.481 e. The molecule has 0 fully saturated rings. The zero-order valence-electron chi connectivity index (χ0n) is 22.5. The van der Waals surface area contributed by atoms with E-state index in [2.05, 4.69) is 25.9 Å². The molecule has 0 spiro atoms. The van der Waals surface area contributed by atoms with Crippen LogP contribution in [0.4, 0.5) is 11.5 Å². The molecule has 4 N–H and O–H groups in total. The van der Waals surface area contributed by atoms with E-state index in [1.165, 1.54) is 18.3 Å². The third-order valence-corrected chi connectivity index (χ3v) is 7.45. The minimum absolute atomic E-state index is 0.201. The monoisotopic (exact) mass is 573 g/mol. The zero-order valence-corrected chi connectivity index (χ0v) is 23.3. The molecule has 2 atom stereocenters. The Morgan fingerprint density at radius 3 is 2.39 bits per heavy atom. The van der Waals surface area contributed by atoms with Crippen LogP contribution in [0.15, 0.2) is 72.2 Å². The number of aliphatic carboxylic acids is 1. The van der Waals surface area contributed by atoms with Crippen molar-refractivity contribution in [3.8, 4) is 0 Å². The third-order valence-electron chi connectivity index (χ3n) is 6.46. The predicted molar refractivity (Wildman–Crippen MR) is 157 cm³/mol. The molecule has 212 valence electrons. The smallest absolute Gasteiger partial charge is 0.305 e. The highest BCUT2D eigenvalue weighted by atomic mass is 32.1. The van der Waals surface area contributed by atoms with E-state index in [-0.39, 0.29) is 11.8 Å². The Kier molecular flexibility index (Phi) is 10.1. The molecule has 41 heavy (non-hydrogen) atoms. The molecule has 10 nitrogen and oxygen atoms in total. The Morgan fingerprint density at radius 1 is 0.951 bits per heavy atom. The minimum Gasteiger partial charge on any atom is -0.481 e. The molecule has 0 aliphatic carbocycles. The fourth-order valence-corrected chi connectivity index (χ4v) is 5.14. The van der Waals surface area contributed by atoms with Crippen molar-refractivity contribution >= 4 is 57.4 Å². The summed E-state index contributed by atoms with van der Waals surface area (Å²) in [5, 5.41) is 19.6. The molecular formula is C30H31N5O5S. The number of nitrogens with zero attached hydrogens (tertiary/aromatic N) is 2. The number of ketones is 1. The van der Waals surface area contributed by atoms with E-state index in [0.717, 1.165) is 21.6 Å². The Bertz CT molecular complexity index is 1510. The van der Waals surface area contributed by atoms with E-state index in [1.807, 2.05) is 41.8 Å². The van der Waals surface area contributed by atoms with Crippen LogP contribution in [-0.2, 0) is 14.4 Å². The lowest BCUT2D eigenvalue weighted by molar-refractivity contribution is -0.140. The van der Waals surface area contributed by atoms with E-state index in [1.54, 1.807) is 30.5 Å². The van der Waals surface area contributed by atoms with Gasteiger partial charge in [-0.05, 0) is 67.6 Å². The first kappa shape index (κ1) is 29.3. The molecule has 0 aliphatic heterocycles. The predicted octanol–water partition coefficient (Wildman–Crippen LogP) is 4.67. The number of carbonyl (C=O) groups excluding carboxylic acids is 3. The highest BCUT2D eigenvalue weighted by Gasteiger charge is 2.27. The second kappa shape index (κ2) is 14.1. The lowest BCUT2D eigenvalue weighted by atomic mass is 9.98. The van der Waals surface area contributed by atoms with Crippen LogP contribution in [0, 0.1) is 0 Å². The number of hydrogen-bond donors (Lipinski definition) is 4. The summed E-state index contributed by atoms with van der Waals surface area (Å²) in [7, 11) is 0. The van der Waals surface area contributed by atoms with Gasteiger partial charge in [-0.2, -0.15) is 0 Å². The van der Waals surface area contributed by atoms with Gasteiger partial charge in [-0.3, -0.25) is 24.2 Å². The first-order chi connectivity index (χ1) is 19.8. The quantitative estimate of drug-likeness (QED) is 0.159. The Labute approximate surface area is 241 Å². The minimum atomic E-state index is -1.15. The fourth-order valence-electron chi connectivity index (χ4n) is 4.28. The molecule has 0 radical (unpaired) electrons. The molecular weight excluding hydrogens is 542 g/mol. The molecule has 0 saturated carbocycles. The molecule has 2 aromatic carbocycles. The summed E-state index contributed by atoms with van der Waals surface area (Å²) in [5.74, 6) is -2.03. The van der Waals surface area contributed by atoms with Gasteiger partial charge in [-0.15, -0.1) is 11.3 Å². The van der Waals surface area contributed by atoms with E-state index in [9.17, 15) is 19.2 Å². The topological polar surface area (TPSA) is 150 Å². The number of nitrogens with one attached hydrogen (secondary N) is 3. The Balaban J connectivity index is 1.25. The number of carboxylic acid groups (broad SMARTS) is 1. The molecule has 2 amide bonds. The Morgan fingerprint density at radius 2 is 1.71 bits per heavy atom. The number of hydrogen-bond acceptors (Lipinski definition) is 8. The number of carboxylic acids is 1. The van der Waals surface area contributed by atoms with Crippen molar-refractivity contribution < 1.29 is 24.3 Å². The highest BCUT2D eigenvalue weighted by Crippen LogP contribution is 2.27. The van der Waals surface area contributed by atoms with Crippen LogP contribution in [0.5, 0.6) is 0 Å². The van der Waals surface area contributed by atoms with Gasteiger partial charge in [-0.1, -0.05) is 24.6 Å². The van der Waals surface area contributed by atoms with Crippen molar-refractivity contribution in [3.05, 3.63) is 82.7 Å². The summed E-state index contributed by atoms with van der Waals surface area (Å²) in [6, 6.07) is 17.3. The summed E-state index contributed by atoms with van der Waals surface area (Å²) in [4.78, 5) is 58.3. The maximum absolute atomic E-state index is 13.0. The van der Waals surface area contributed by atoms with Crippen LogP contribution in [-0.4, -0.2) is 51.2 Å². The lowest BCUT2D eigenvalue weighted by Gasteiger charge is -2.20. The first-order valence-electron chi connectivity index (χ1n) is 13.2. The summed E-state index contributed by atoms with van der Waals surface area (Å²) >= 11 is 1.43. The van der Waals surface area contributed by atoms with Gasteiger partial charge in [0.25, 0.3) is 5.91 Å². The lowest BCUT2D eigenvalue weighted by Crippen LogP contribution is -2.43. The van der Waals surface area contributed by atoms with Gasteiger partial charge in [-0.25, -0.2) is 4.98 Å². The maximum atomic E-state index is 13.0. The summed E-state index contributed by atoms with van der Waals surface area (Å²) in [6.07, 6.45) is 2.99. The number of unbranched alkanes of at least 4 members (excludes halogenated alkanes) is 1. The fraction of sp³-hybridized carbons (Fsp3) is 0.267. The molecule has 0 saturated heterocycles. The summed E-state index contributed by atoms with van der Waals surface area (Å²) in [5.41, 5.74) is 2.89. The molecule has 2 heterocycles. The van der Waals surface area contributed by atoms with Gasteiger partial charge in [0.05, 0.1) is 35.6 Å². The molecule has 2 aromatic heterocycles. The van der Waals surface area contributed by atoms with Crippen LogP contribution in [0.2, 0.25) is 0 Å². The Hall–Kier alpha value is -4.64. The average molecular weight is 574 g/mol. The number of aromatic nitrogens is 2. The summed E-state index contributed by atoms with van der Waals surface area (Å²) in [6.45, 7) is 1.69. The van der Waals surface area contributed by atoms with E-state index < -0.39 is 30.1 Å². The van der Waals surface area contributed by atoms with E-state index in [0.29, 0.717) is 37.2 Å². The number of Topliss-reactive ketones (excluding diaryl/α,β-unsaturated/α-hetero) is 1. The highest BCUT2D eigenvalue weighted by molar-refractivity contribution is 7.10. The third kappa shape index (κ3) is 8.42. The van der Waals surface area contributed by atoms with Crippen molar-refractivity contribution in [2.75, 3.05) is 11.9 Å². The van der Waals surface area contributed by atoms with Gasteiger partial charge >= 0.3 is 5.97 Å². The number of fused-ring (bicyclic) bond motifs is 1. The molecule has 2 unspecified atom stereocenters. The summed E-state index contributed by atoms with van der Waals surface area (Å²) < 4.78 is 0. The molecule has 4 rings (SSSR count). The van der Waals surface area contributed by atoms with Crippen LogP contribution in [0.25, 0.3) is 11.0 Å². The second-order valence-corrected chi connectivity index (χ2v) is 10.5. The van der Waals surface area contributed by atoms with E-state index >= 15 is 0 Å².